The number of nitrogens with zero attached hydrogens (tertiary/aromatic N) is 1. The molecule has 3 N–H and O–H groups in total. The number of benzene rings is 2. The predicted molar refractivity (Wildman–Crippen MR) is 81.6 cm³/mol. The van der Waals surface area contributed by atoms with E-state index in [1.165, 1.54) is 30.3 Å². The molecular weight excluding hydrogens is 319 g/mol. The lowest BCUT2D eigenvalue weighted by atomic mass is 9.77. The van der Waals surface area contributed by atoms with Crippen molar-refractivity contribution in [2.75, 3.05) is 5.73 Å². The number of nitrogens with one attached hydrogen (secondary N) is 1. The van der Waals surface area contributed by atoms with E-state index in [0.717, 1.165) is 6.07 Å². The van der Waals surface area contributed by atoms with Crippen LogP contribution in [-0.4, -0.2) is 5.90 Å². The first-order valence-corrected chi connectivity index (χ1v) is 7.04. The van der Waals surface area contributed by atoms with Crippen LogP contribution >= 0.6 is 0 Å². The number of anilines is 1. The highest BCUT2D eigenvalue weighted by Gasteiger charge is 2.42. The van der Waals surface area contributed by atoms with Crippen molar-refractivity contribution >= 4 is 11.6 Å². The lowest BCUT2D eigenvalue weighted by Gasteiger charge is -2.31. The van der Waals surface area contributed by atoms with Crippen molar-refractivity contribution in [2.24, 2.45) is 5.92 Å². The first kappa shape index (κ1) is 15.9. The second kappa shape index (κ2) is 5.57. The largest absolute Gasteiger partial charge is 0.442 e. The maximum absolute atomic E-state index is 13.4. The zero-order valence-electron chi connectivity index (χ0n) is 12.3. The zero-order valence-corrected chi connectivity index (χ0v) is 12.3. The van der Waals surface area contributed by atoms with E-state index < -0.39 is 29.5 Å². The van der Waals surface area contributed by atoms with Gasteiger partial charge in [-0.15, -0.1) is 0 Å². The number of fused-ring (bicyclic) bond motifs is 1. The zero-order chi connectivity index (χ0) is 17.5. The standard InChI is InChI=1S/C17H12F3N3O/c18-17(19,20)13-4-2-1-3-10(13)15-11-6-5-9(22)7-14(11)24-16(23)12(15)8-21/h1-7,12,15,23H,22H2. The molecule has 2 aromatic rings. The topological polar surface area (TPSA) is 82.9 Å². The Morgan fingerprint density at radius 3 is 2.50 bits per heavy atom. The molecule has 24 heavy (non-hydrogen) atoms. The van der Waals surface area contributed by atoms with Crippen molar-refractivity contribution in [3.63, 3.8) is 0 Å². The molecule has 0 aromatic heterocycles. The Hall–Kier alpha value is -3.01. The number of nitrogen functional groups attached to an aromatic ring is 1. The smallest absolute Gasteiger partial charge is 0.416 e. The van der Waals surface area contributed by atoms with Crippen molar-refractivity contribution in [3.8, 4) is 11.8 Å². The number of nitrogens with two attached hydrogens (primary N) is 1. The highest BCUT2D eigenvalue weighted by atomic mass is 19.4. The Balaban J connectivity index is 2.27. The van der Waals surface area contributed by atoms with Gasteiger partial charge in [-0.25, -0.2) is 0 Å². The van der Waals surface area contributed by atoms with Gasteiger partial charge >= 0.3 is 6.18 Å². The molecular formula is C17H12F3N3O. The fourth-order valence-corrected chi connectivity index (χ4v) is 2.92. The Morgan fingerprint density at radius 1 is 1.12 bits per heavy atom. The number of nitriles is 1. The minimum atomic E-state index is -4.56. The van der Waals surface area contributed by atoms with Crippen LogP contribution in [-0.2, 0) is 6.18 Å². The van der Waals surface area contributed by atoms with Crippen LogP contribution in [0, 0.1) is 22.7 Å². The number of hydrogen-bond acceptors (Lipinski definition) is 4. The average molecular weight is 331 g/mol. The Morgan fingerprint density at radius 2 is 1.83 bits per heavy atom. The molecule has 0 spiro atoms. The summed E-state index contributed by atoms with van der Waals surface area (Å²) in [6.45, 7) is 0. The molecule has 7 heteroatoms. The Bertz CT molecular complexity index is 855. The Kier molecular flexibility index (Phi) is 3.68. The molecule has 0 saturated heterocycles. The van der Waals surface area contributed by atoms with Crippen LogP contribution in [0.2, 0.25) is 0 Å². The number of ether oxygens (including phenoxy) is 1. The van der Waals surface area contributed by atoms with E-state index in [4.69, 9.17) is 15.9 Å². The summed E-state index contributed by atoms with van der Waals surface area (Å²) < 4.78 is 45.4. The molecule has 0 aliphatic carbocycles. The average Bonchev–Trinajstić information content (AvgIpc) is 2.52. The molecule has 4 nitrogen and oxygen atoms in total. The van der Waals surface area contributed by atoms with Crippen LogP contribution < -0.4 is 10.5 Å². The summed E-state index contributed by atoms with van der Waals surface area (Å²) in [4.78, 5) is 0. The van der Waals surface area contributed by atoms with Crippen molar-refractivity contribution < 1.29 is 17.9 Å². The minimum absolute atomic E-state index is 0.0596. The van der Waals surface area contributed by atoms with Gasteiger partial charge in [-0.3, -0.25) is 5.41 Å². The van der Waals surface area contributed by atoms with Crippen molar-refractivity contribution in [1.29, 1.82) is 10.7 Å². The van der Waals surface area contributed by atoms with E-state index in [0.29, 0.717) is 11.3 Å². The third kappa shape index (κ3) is 2.56. The molecule has 2 atom stereocenters. The minimum Gasteiger partial charge on any atom is -0.442 e. The summed E-state index contributed by atoms with van der Waals surface area (Å²) in [7, 11) is 0. The Labute approximate surface area is 135 Å². The fraction of sp³-hybridized carbons (Fsp3) is 0.176. The SMILES string of the molecule is N#CC1C(=N)Oc2cc(N)ccc2C1c1ccccc1C(F)(F)F. The van der Waals surface area contributed by atoms with Gasteiger partial charge in [0.25, 0.3) is 0 Å². The highest BCUT2D eigenvalue weighted by molar-refractivity contribution is 5.85. The lowest BCUT2D eigenvalue weighted by molar-refractivity contribution is -0.138. The molecule has 122 valence electrons. The van der Waals surface area contributed by atoms with E-state index in [1.54, 1.807) is 6.07 Å². The van der Waals surface area contributed by atoms with Crippen LogP contribution in [0.25, 0.3) is 0 Å². The second-order valence-corrected chi connectivity index (χ2v) is 5.43. The van der Waals surface area contributed by atoms with Crippen LogP contribution in [0.3, 0.4) is 0 Å². The van der Waals surface area contributed by atoms with E-state index in [-0.39, 0.29) is 11.3 Å². The second-order valence-electron chi connectivity index (χ2n) is 5.43. The maximum atomic E-state index is 13.4. The van der Waals surface area contributed by atoms with Gasteiger partial charge in [0.1, 0.15) is 11.7 Å². The van der Waals surface area contributed by atoms with Gasteiger partial charge in [0.05, 0.1) is 11.6 Å². The van der Waals surface area contributed by atoms with Gasteiger partial charge in [0.15, 0.2) is 0 Å². The molecule has 2 aromatic carbocycles. The summed E-state index contributed by atoms with van der Waals surface area (Å²) in [5.74, 6) is -2.29. The normalized spacial score (nSPS) is 20.0. The molecule has 0 amide bonds. The summed E-state index contributed by atoms with van der Waals surface area (Å²) in [6.07, 6.45) is -4.56. The van der Waals surface area contributed by atoms with E-state index >= 15 is 0 Å². The molecule has 0 radical (unpaired) electrons. The van der Waals surface area contributed by atoms with Gasteiger partial charge in [-0.05, 0) is 17.7 Å². The third-order valence-corrected chi connectivity index (χ3v) is 3.95. The fourth-order valence-electron chi connectivity index (χ4n) is 2.92. The molecule has 0 bridgehead atoms. The molecule has 2 unspecified atom stereocenters. The molecule has 1 heterocycles. The van der Waals surface area contributed by atoms with Gasteiger partial charge < -0.3 is 10.5 Å². The lowest BCUT2D eigenvalue weighted by Crippen LogP contribution is -2.32. The molecule has 0 fully saturated rings. The quantitative estimate of drug-likeness (QED) is 0.777. The van der Waals surface area contributed by atoms with Gasteiger partial charge in [-0.1, -0.05) is 24.3 Å². The van der Waals surface area contributed by atoms with E-state index in [2.05, 4.69) is 0 Å². The summed E-state index contributed by atoms with van der Waals surface area (Å²) >= 11 is 0. The number of rotatable bonds is 1. The first-order chi connectivity index (χ1) is 11.3. The summed E-state index contributed by atoms with van der Waals surface area (Å²) in [5.41, 5.74) is 5.56. The first-order valence-electron chi connectivity index (χ1n) is 7.04. The number of hydrogen-bond donors (Lipinski definition) is 2. The van der Waals surface area contributed by atoms with Gasteiger partial charge in [0, 0.05) is 23.2 Å². The molecule has 1 aliphatic heterocycles. The third-order valence-electron chi connectivity index (χ3n) is 3.95. The van der Waals surface area contributed by atoms with Crippen molar-refractivity contribution in [3.05, 3.63) is 59.2 Å². The van der Waals surface area contributed by atoms with Crippen LogP contribution in [0.5, 0.6) is 5.75 Å². The van der Waals surface area contributed by atoms with Crippen LogP contribution in [0.15, 0.2) is 42.5 Å². The predicted octanol–water partition coefficient (Wildman–Crippen LogP) is 3.93. The van der Waals surface area contributed by atoms with E-state index in [1.807, 2.05) is 6.07 Å². The van der Waals surface area contributed by atoms with Gasteiger partial charge in [-0.2, -0.15) is 18.4 Å². The number of halogens is 3. The number of alkyl halides is 3. The van der Waals surface area contributed by atoms with Crippen LogP contribution in [0.4, 0.5) is 18.9 Å². The van der Waals surface area contributed by atoms with Crippen molar-refractivity contribution in [1.82, 2.24) is 0 Å². The van der Waals surface area contributed by atoms with E-state index in [9.17, 15) is 18.4 Å². The summed E-state index contributed by atoms with van der Waals surface area (Å²) in [6, 6.07) is 11.5. The molecule has 0 saturated carbocycles. The van der Waals surface area contributed by atoms with Crippen LogP contribution in [0.1, 0.15) is 22.6 Å². The summed E-state index contributed by atoms with van der Waals surface area (Å²) in [5, 5.41) is 17.3. The highest BCUT2D eigenvalue weighted by Crippen LogP contribution is 2.46. The van der Waals surface area contributed by atoms with Crippen molar-refractivity contribution in [2.45, 2.75) is 12.1 Å². The monoisotopic (exact) mass is 331 g/mol. The maximum Gasteiger partial charge on any atom is 0.416 e. The molecule has 1 aliphatic rings. The molecule has 3 rings (SSSR count). The van der Waals surface area contributed by atoms with Gasteiger partial charge in [0.2, 0.25) is 5.90 Å².